The second-order valence-electron chi connectivity index (χ2n) is 6.58. The van der Waals surface area contributed by atoms with E-state index in [2.05, 4.69) is 5.32 Å². The van der Waals surface area contributed by atoms with Gasteiger partial charge in [-0.2, -0.15) is 0 Å². The maximum absolute atomic E-state index is 12.5. The molecular weight excluding hydrogens is 360 g/mol. The standard InChI is InChI=1S/C21H28N2O3S/c1-5-17-11-7-8-13-19(17)23(27(4,25)26)15-14-20(24)22-21-16(3)10-9-12-18(21)6-2/h7-13H,5-6,14-15H2,1-4H3,(H,22,24). The van der Waals surface area contributed by atoms with Gasteiger partial charge in [0.25, 0.3) is 0 Å². The Hall–Kier alpha value is -2.34. The Balaban J connectivity index is 2.18. The Morgan fingerprint density at radius 3 is 2.26 bits per heavy atom. The monoisotopic (exact) mass is 388 g/mol. The number of anilines is 2. The van der Waals surface area contributed by atoms with Crippen LogP contribution in [0.1, 0.15) is 37.0 Å². The molecule has 0 aliphatic rings. The second-order valence-corrected chi connectivity index (χ2v) is 8.48. The lowest BCUT2D eigenvalue weighted by atomic mass is 10.1. The van der Waals surface area contributed by atoms with Crippen molar-refractivity contribution in [2.75, 3.05) is 22.4 Å². The highest BCUT2D eigenvalue weighted by Crippen LogP contribution is 2.24. The van der Waals surface area contributed by atoms with E-state index >= 15 is 0 Å². The van der Waals surface area contributed by atoms with Crippen molar-refractivity contribution < 1.29 is 13.2 Å². The molecule has 2 aromatic rings. The van der Waals surface area contributed by atoms with Crippen LogP contribution in [-0.2, 0) is 27.7 Å². The number of carbonyl (C=O) groups excluding carboxylic acids is 1. The third-order valence-electron chi connectivity index (χ3n) is 4.59. The third kappa shape index (κ3) is 5.32. The molecule has 0 aliphatic carbocycles. The first-order valence-corrected chi connectivity index (χ1v) is 11.1. The van der Waals surface area contributed by atoms with Gasteiger partial charge in [0.05, 0.1) is 11.9 Å². The quantitative estimate of drug-likeness (QED) is 0.745. The molecule has 2 rings (SSSR count). The molecule has 27 heavy (non-hydrogen) atoms. The zero-order chi connectivity index (χ0) is 20.0. The summed E-state index contributed by atoms with van der Waals surface area (Å²) in [4.78, 5) is 12.5. The Bertz CT molecular complexity index is 907. The number of carbonyl (C=O) groups is 1. The van der Waals surface area contributed by atoms with Crippen LogP contribution in [-0.4, -0.2) is 27.1 Å². The van der Waals surface area contributed by atoms with Gasteiger partial charge in [-0.3, -0.25) is 9.10 Å². The number of hydrogen-bond acceptors (Lipinski definition) is 3. The molecule has 0 unspecified atom stereocenters. The van der Waals surface area contributed by atoms with E-state index in [0.717, 1.165) is 35.2 Å². The van der Waals surface area contributed by atoms with Crippen LogP contribution in [0.25, 0.3) is 0 Å². The van der Waals surface area contributed by atoms with Crippen molar-refractivity contribution in [1.82, 2.24) is 0 Å². The predicted octanol–water partition coefficient (Wildman–Crippen LogP) is 3.91. The number of nitrogens with zero attached hydrogens (tertiary/aromatic N) is 1. The number of benzene rings is 2. The molecule has 146 valence electrons. The van der Waals surface area contributed by atoms with Gasteiger partial charge in [0, 0.05) is 18.7 Å². The fourth-order valence-electron chi connectivity index (χ4n) is 3.13. The summed E-state index contributed by atoms with van der Waals surface area (Å²) in [5.41, 5.74) is 4.47. The first-order chi connectivity index (χ1) is 12.8. The van der Waals surface area contributed by atoms with Gasteiger partial charge in [-0.05, 0) is 42.5 Å². The van der Waals surface area contributed by atoms with E-state index in [-0.39, 0.29) is 18.9 Å². The van der Waals surface area contributed by atoms with E-state index in [0.29, 0.717) is 5.69 Å². The van der Waals surface area contributed by atoms with Crippen molar-refractivity contribution in [2.45, 2.75) is 40.0 Å². The second kappa shape index (κ2) is 9.04. The van der Waals surface area contributed by atoms with Gasteiger partial charge in [0.1, 0.15) is 0 Å². The molecular formula is C21H28N2O3S. The summed E-state index contributed by atoms with van der Waals surface area (Å²) in [6.45, 7) is 6.08. The largest absolute Gasteiger partial charge is 0.326 e. The maximum Gasteiger partial charge on any atom is 0.232 e. The van der Waals surface area contributed by atoms with Crippen LogP contribution in [0.3, 0.4) is 0 Å². The van der Waals surface area contributed by atoms with Gasteiger partial charge < -0.3 is 5.32 Å². The van der Waals surface area contributed by atoms with Crippen LogP contribution >= 0.6 is 0 Å². The number of nitrogens with one attached hydrogen (secondary N) is 1. The van der Waals surface area contributed by atoms with Crippen molar-refractivity contribution in [3.8, 4) is 0 Å². The molecule has 0 bridgehead atoms. The summed E-state index contributed by atoms with van der Waals surface area (Å²) in [5, 5.41) is 2.96. The number of aryl methyl sites for hydroxylation is 3. The Morgan fingerprint density at radius 1 is 1.00 bits per heavy atom. The fourth-order valence-corrected chi connectivity index (χ4v) is 4.08. The molecule has 0 radical (unpaired) electrons. The maximum atomic E-state index is 12.5. The van der Waals surface area contributed by atoms with E-state index in [4.69, 9.17) is 0 Å². The Kier molecular flexibility index (Phi) is 7.02. The zero-order valence-corrected chi connectivity index (χ0v) is 17.3. The lowest BCUT2D eigenvalue weighted by Gasteiger charge is -2.24. The first kappa shape index (κ1) is 21.0. The molecule has 0 saturated carbocycles. The predicted molar refractivity (Wildman–Crippen MR) is 112 cm³/mol. The van der Waals surface area contributed by atoms with Gasteiger partial charge in [0.2, 0.25) is 15.9 Å². The molecule has 0 aromatic heterocycles. The third-order valence-corrected chi connectivity index (χ3v) is 5.77. The topological polar surface area (TPSA) is 66.5 Å². The molecule has 1 amide bonds. The van der Waals surface area contributed by atoms with Crippen LogP contribution < -0.4 is 9.62 Å². The van der Waals surface area contributed by atoms with E-state index < -0.39 is 10.0 Å². The molecule has 5 nitrogen and oxygen atoms in total. The van der Waals surface area contributed by atoms with Crippen LogP contribution in [0.4, 0.5) is 11.4 Å². The van der Waals surface area contributed by atoms with Gasteiger partial charge in [-0.15, -0.1) is 0 Å². The lowest BCUT2D eigenvalue weighted by Crippen LogP contribution is -2.33. The molecule has 0 atom stereocenters. The Morgan fingerprint density at radius 2 is 1.63 bits per heavy atom. The van der Waals surface area contributed by atoms with E-state index in [1.807, 2.05) is 57.2 Å². The van der Waals surface area contributed by atoms with E-state index in [1.54, 1.807) is 6.07 Å². The fraction of sp³-hybridized carbons (Fsp3) is 0.381. The number of hydrogen-bond donors (Lipinski definition) is 1. The molecule has 6 heteroatoms. The minimum Gasteiger partial charge on any atom is -0.326 e. The normalized spacial score (nSPS) is 11.3. The molecule has 0 spiro atoms. The van der Waals surface area contributed by atoms with Crippen molar-refractivity contribution in [3.05, 3.63) is 59.2 Å². The SMILES string of the molecule is CCc1ccccc1N(CCC(=O)Nc1c(C)cccc1CC)S(C)(=O)=O. The van der Waals surface area contributed by atoms with E-state index in [9.17, 15) is 13.2 Å². The van der Waals surface area contributed by atoms with Crippen molar-refractivity contribution >= 4 is 27.3 Å². The summed E-state index contributed by atoms with van der Waals surface area (Å²) in [5.74, 6) is -0.193. The lowest BCUT2D eigenvalue weighted by molar-refractivity contribution is -0.116. The summed E-state index contributed by atoms with van der Waals surface area (Å²) < 4.78 is 26.0. The highest BCUT2D eigenvalue weighted by molar-refractivity contribution is 7.92. The van der Waals surface area contributed by atoms with Gasteiger partial charge in [0.15, 0.2) is 0 Å². The summed E-state index contributed by atoms with van der Waals surface area (Å²) in [6, 6.07) is 13.3. The van der Waals surface area contributed by atoms with Crippen molar-refractivity contribution in [1.29, 1.82) is 0 Å². The van der Waals surface area contributed by atoms with Crippen LogP contribution in [0.15, 0.2) is 42.5 Å². The van der Waals surface area contributed by atoms with Crippen LogP contribution in [0.2, 0.25) is 0 Å². The van der Waals surface area contributed by atoms with Gasteiger partial charge in [-0.25, -0.2) is 8.42 Å². The molecule has 0 fully saturated rings. The van der Waals surface area contributed by atoms with Crippen molar-refractivity contribution in [2.24, 2.45) is 0 Å². The Labute approximate surface area is 162 Å². The molecule has 0 saturated heterocycles. The first-order valence-electron chi connectivity index (χ1n) is 9.21. The van der Waals surface area contributed by atoms with Crippen molar-refractivity contribution in [3.63, 3.8) is 0 Å². The number of rotatable bonds is 8. The molecule has 2 aromatic carbocycles. The summed E-state index contributed by atoms with van der Waals surface area (Å²) in [7, 11) is -3.49. The van der Waals surface area contributed by atoms with Crippen LogP contribution in [0.5, 0.6) is 0 Å². The average Bonchev–Trinajstić information content (AvgIpc) is 2.62. The number of para-hydroxylation sites is 2. The highest BCUT2D eigenvalue weighted by Gasteiger charge is 2.21. The van der Waals surface area contributed by atoms with Gasteiger partial charge in [-0.1, -0.05) is 50.2 Å². The smallest absolute Gasteiger partial charge is 0.232 e. The minimum atomic E-state index is -3.49. The summed E-state index contributed by atoms with van der Waals surface area (Å²) >= 11 is 0. The molecule has 0 aliphatic heterocycles. The number of sulfonamides is 1. The highest BCUT2D eigenvalue weighted by atomic mass is 32.2. The minimum absolute atomic E-state index is 0.0859. The summed E-state index contributed by atoms with van der Waals surface area (Å²) in [6.07, 6.45) is 2.80. The van der Waals surface area contributed by atoms with Gasteiger partial charge >= 0.3 is 0 Å². The average molecular weight is 389 g/mol. The molecule has 0 heterocycles. The molecule has 1 N–H and O–H groups in total. The van der Waals surface area contributed by atoms with E-state index in [1.165, 1.54) is 10.6 Å². The van der Waals surface area contributed by atoms with Crippen LogP contribution in [0, 0.1) is 6.92 Å². The number of amides is 1. The zero-order valence-electron chi connectivity index (χ0n) is 16.5.